The molecule has 26 heavy (non-hydrogen) atoms. The molecule has 2 aliphatic rings. The summed E-state index contributed by atoms with van der Waals surface area (Å²) in [6.45, 7) is 3.40. The minimum Gasteiger partial charge on any atom is -0.378 e. The number of ether oxygens (including phenoxy) is 1. The van der Waals surface area contributed by atoms with Crippen molar-refractivity contribution in [2.24, 2.45) is 11.8 Å². The lowest BCUT2D eigenvalue weighted by Gasteiger charge is -2.44. The van der Waals surface area contributed by atoms with E-state index in [0.29, 0.717) is 6.61 Å². The molecule has 6 nitrogen and oxygen atoms in total. The molecule has 0 aliphatic carbocycles. The van der Waals surface area contributed by atoms with E-state index in [4.69, 9.17) is 4.74 Å². The molecule has 6 heteroatoms. The van der Waals surface area contributed by atoms with Gasteiger partial charge in [0.25, 0.3) is 0 Å². The monoisotopic (exact) mass is 352 g/mol. The number of anilines is 1. The summed E-state index contributed by atoms with van der Waals surface area (Å²) in [5.41, 5.74) is 1.96. The SMILES string of the molecule is O=C(Nc1cccnc1)[C@@H]1CCO[C@@H]2CCN(Cc3cccnc3)C[C@@H]21. The first-order valence-electron chi connectivity index (χ1n) is 9.23. The van der Waals surface area contributed by atoms with Gasteiger partial charge < -0.3 is 10.1 Å². The Kier molecular flexibility index (Phi) is 5.22. The van der Waals surface area contributed by atoms with E-state index in [0.717, 1.165) is 38.2 Å². The van der Waals surface area contributed by atoms with Gasteiger partial charge in [0.15, 0.2) is 0 Å². The Labute approximate surface area is 153 Å². The summed E-state index contributed by atoms with van der Waals surface area (Å²) in [5.74, 6) is 0.288. The molecule has 3 atom stereocenters. The van der Waals surface area contributed by atoms with Crippen LogP contribution in [0.5, 0.6) is 0 Å². The van der Waals surface area contributed by atoms with Crippen LogP contribution >= 0.6 is 0 Å². The van der Waals surface area contributed by atoms with Gasteiger partial charge in [0.2, 0.25) is 5.91 Å². The zero-order valence-electron chi connectivity index (χ0n) is 14.8. The number of carbonyl (C=O) groups is 1. The number of rotatable bonds is 4. The summed E-state index contributed by atoms with van der Waals surface area (Å²) < 4.78 is 5.98. The van der Waals surface area contributed by atoms with Gasteiger partial charge in [-0.1, -0.05) is 6.07 Å². The van der Waals surface area contributed by atoms with Crippen molar-refractivity contribution in [1.82, 2.24) is 14.9 Å². The minimum atomic E-state index is -0.0225. The van der Waals surface area contributed by atoms with Gasteiger partial charge in [0.05, 0.1) is 18.0 Å². The average Bonchev–Trinajstić information content (AvgIpc) is 2.69. The van der Waals surface area contributed by atoms with Gasteiger partial charge >= 0.3 is 0 Å². The molecular formula is C20H24N4O2. The number of amides is 1. The number of hydrogen-bond donors (Lipinski definition) is 1. The Hall–Kier alpha value is -2.31. The fourth-order valence-electron chi connectivity index (χ4n) is 4.08. The Morgan fingerprint density at radius 2 is 2.04 bits per heavy atom. The van der Waals surface area contributed by atoms with E-state index < -0.39 is 0 Å². The van der Waals surface area contributed by atoms with Crippen LogP contribution in [-0.4, -0.2) is 46.6 Å². The maximum absolute atomic E-state index is 12.9. The molecular weight excluding hydrogens is 328 g/mol. The quantitative estimate of drug-likeness (QED) is 0.915. The molecule has 136 valence electrons. The van der Waals surface area contributed by atoms with Gasteiger partial charge in [-0.05, 0) is 36.6 Å². The molecule has 1 amide bonds. The van der Waals surface area contributed by atoms with Crippen molar-refractivity contribution in [3.63, 3.8) is 0 Å². The highest BCUT2D eigenvalue weighted by Crippen LogP contribution is 2.34. The summed E-state index contributed by atoms with van der Waals surface area (Å²) in [5, 5.41) is 3.02. The number of carbonyl (C=O) groups excluding carboxylic acids is 1. The van der Waals surface area contributed by atoms with Crippen LogP contribution in [-0.2, 0) is 16.1 Å². The van der Waals surface area contributed by atoms with Gasteiger partial charge in [-0.25, -0.2) is 0 Å². The van der Waals surface area contributed by atoms with E-state index in [1.54, 1.807) is 18.6 Å². The van der Waals surface area contributed by atoms with E-state index in [-0.39, 0.29) is 23.8 Å². The highest BCUT2D eigenvalue weighted by Gasteiger charge is 2.41. The van der Waals surface area contributed by atoms with Crippen LogP contribution in [0, 0.1) is 11.8 Å². The average molecular weight is 352 g/mol. The van der Waals surface area contributed by atoms with E-state index in [2.05, 4.69) is 26.3 Å². The van der Waals surface area contributed by atoms with Crippen LogP contribution in [0.25, 0.3) is 0 Å². The largest absolute Gasteiger partial charge is 0.378 e. The molecule has 2 aliphatic heterocycles. The lowest BCUT2D eigenvalue weighted by Crippen LogP contribution is -2.52. The third-order valence-corrected chi connectivity index (χ3v) is 5.35. The fraction of sp³-hybridized carbons (Fsp3) is 0.450. The molecule has 1 N–H and O–H groups in total. The van der Waals surface area contributed by atoms with Gasteiger partial charge in [-0.2, -0.15) is 0 Å². The van der Waals surface area contributed by atoms with Gasteiger partial charge in [-0.3, -0.25) is 19.7 Å². The first-order valence-corrected chi connectivity index (χ1v) is 9.23. The number of aromatic nitrogens is 2. The van der Waals surface area contributed by atoms with Crippen LogP contribution < -0.4 is 5.32 Å². The summed E-state index contributed by atoms with van der Waals surface area (Å²) in [4.78, 5) is 23.5. The Balaban J connectivity index is 1.43. The first kappa shape index (κ1) is 17.1. The Morgan fingerprint density at radius 3 is 2.81 bits per heavy atom. The van der Waals surface area contributed by atoms with Crippen molar-refractivity contribution in [2.75, 3.05) is 25.0 Å². The van der Waals surface area contributed by atoms with Crippen LogP contribution in [0.4, 0.5) is 5.69 Å². The molecule has 0 bridgehead atoms. The zero-order valence-corrected chi connectivity index (χ0v) is 14.8. The van der Waals surface area contributed by atoms with Crippen LogP contribution in [0.15, 0.2) is 49.1 Å². The van der Waals surface area contributed by atoms with E-state index in [9.17, 15) is 4.79 Å². The van der Waals surface area contributed by atoms with Crippen LogP contribution in [0.1, 0.15) is 18.4 Å². The Morgan fingerprint density at radius 1 is 1.19 bits per heavy atom. The Bertz CT molecular complexity index is 725. The molecule has 2 saturated heterocycles. The summed E-state index contributed by atoms with van der Waals surface area (Å²) in [6.07, 6.45) is 9.02. The van der Waals surface area contributed by atoms with E-state index in [1.165, 1.54) is 5.56 Å². The molecule has 0 unspecified atom stereocenters. The lowest BCUT2D eigenvalue weighted by atomic mass is 9.79. The molecule has 4 heterocycles. The third kappa shape index (κ3) is 3.92. The van der Waals surface area contributed by atoms with E-state index in [1.807, 2.05) is 24.4 Å². The number of piperidine rings is 1. The number of pyridine rings is 2. The van der Waals surface area contributed by atoms with Gasteiger partial charge in [0.1, 0.15) is 0 Å². The number of hydrogen-bond acceptors (Lipinski definition) is 5. The second-order valence-electron chi connectivity index (χ2n) is 7.08. The molecule has 2 fully saturated rings. The molecule has 0 saturated carbocycles. The highest BCUT2D eigenvalue weighted by atomic mass is 16.5. The maximum atomic E-state index is 12.9. The van der Waals surface area contributed by atoms with Crippen molar-refractivity contribution >= 4 is 11.6 Å². The second kappa shape index (κ2) is 7.93. The fourth-order valence-corrected chi connectivity index (χ4v) is 4.08. The molecule has 0 spiro atoms. The topological polar surface area (TPSA) is 67.3 Å². The summed E-state index contributed by atoms with van der Waals surface area (Å²) in [6, 6.07) is 7.77. The predicted octanol–water partition coefficient (Wildman–Crippen LogP) is 2.34. The van der Waals surface area contributed by atoms with Crippen molar-refractivity contribution in [3.8, 4) is 0 Å². The predicted molar refractivity (Wildman–Crippen MR) is 98.3 cm³/mol. The number of likely N-dealkylation sites (tertiary alicyclic amines) is 1. The summed E-state index contributed by atoms with van der Waals surface area (Å²) >= 11 is 0. The highest BCUT2D eigenvalue weighted by molar-refractivity contribution is 5.92. The normalized spacial score (nSPS) is 26.1. The van der Waals surface area contributed by atoms with Gasteiger partial charge in [0, 0.05) is 56.7 Å². The van der Waals surface area contributed by atoms with E-state index >= 15 is 0 Å². The first-order chi connectivity index (χ1) is 12.8. The molecule has 4 rings (SSSR count). The summed E-state index contributed by atoms with van der Waals surface area (Å²) in [7, 11) is 0. The van der Waals surface area contributed by atoms with Crippen LogP contribution in [0.2, 0.25) is 0 Å². The molecule has 2 aromatic rings. The lowest BCUT2D eigenvalue weighted by molar-refractivity contribution is -0.137. The number of nitrogens with zero attached hydrogens (tertiary/aromatic N) is 3. The van der Waals surface area contributed by atoms with Crippen molar-refractivity contribution in [1.29, 1.82) is 0 Å². The molecule has 0 radical (unpaired) electrons. The zero-order chi connectivity index (χ0) is 17.8. The number of fused-ring (bicyclic) bond motifs is 1. The smallest absolute Gasteiger partial charge is 0.228 e. The standard InChI is InChI=1S/C20H24N4O2/c25-20(23-16-4-2-8-22-12-16)17-6-10-26-19-5-9-24(14-18(17)19)13-15-3-1-7-21-11-15/h1-4,7-8,11-12,17-19H,5-6,9-10,13-14H2,(H,23,25)/t17-,18-,19-/m1/s1. The second-order valence-corrected chi connectivity index (χ2v) is 7.08. The van der Waals surface area contributed by atoms with Crippen molar-refractivity contribution in [3.05, 3.63) is 54.6 Å². The van der Waals surface area contributed by atoms with Crippen molar-refractivity contribution in [2.45, 2.75) is 25.5 Å². The molecule has 0 aromatic carbocycles. The molecule has 2 aromatic heterocycles. The van der Waals surface area contributed by atoms with Crippen LogP contribution in [0.3, 0.4) is 0 Å². The minimum absolute atomic E-state index is 0.0225. The maximum Gasteiger partial charge on any atom is 0.228 e. The van der Waals surface area contributed by atoms with Gasteiger partial charge in [-0.15, -0.1) is 0 Å². The van der Waals surface area contributed by atoms with Crippen molar-refractivity contribution < 1.29 is 9.53 Å². The number of nitrogens with one attached hydrogen (secondary N) is 1. The third-order valence-electron chi connectivity index (χ3n) is 5.35.